The molecule has 0 bridgehead atoms. The van der Waals surface area contributed by atoms with Gasteiger partial charge in [-0.3, -0.25) is 9.78 Å². The maximum Gasteiger partial charge on any atom is 0.231 e. The molecule has 0 N–H and O–H groups in total. The number of halogens is 2. The standard InChI is InChI=1S/C23H18FN3O2.C5H4BrN/c1-15-9-10-20(25-12-15)22(28)21-13-27(14-26-21)17-6-3-5-16(11-17)18-7-4-8-19(24)23(18)29-2;6-5-3-1-2-4-7-5/h3-14H,1-2H3;1-4H. The number of aromatic nitrogens is 4. The molecule has 180 valence electrons. The fourth-order valence-electron chi connectivity index (χ4n) is 3.43. The molecule has 0 radical (unpaired) electrons. The van der Waals surface area contributed by atoms with Crippen LogP contribution in [0.25, 0.3) is 16.8 Å². The Hall–Kier alpha value is -4.17. The molecule has 3 aromatic heterocycles. The van der Waals surface area contributed by atoms with Crippen LogP contribution in [0.5, 0.6) is 5.75 Å². The highest BCUT2D eigenvalue weighted by Crippen LogP contribution is 2.33. The van der Waals surface area contributed by atoms with Crippen molar-refractivity contribution >= 4 is 21.7 Å². The number of imidazole rings is 1. The first kappa shape index (κ1) is 24.9. The molecule has 0 atom stereocenters. The molecule has 0 aliphatic rings. The molecule has 6 nitrogen and oxygen atoms in total. The Balaban J connectivity index is 0.000000375. The minimum Gasteiger partial charge on any atom is -0.493 e. The van der Waals surface area contributed by atoms with E-state index < -0.39 is 5.82 Å². The van der Waals surface area contributed by atoms with Crippen LogP contribution in [0.3, 0.4) is 0 Å². The van der Waals surface area contributed by atoms with E-state index in [9.17, 15) is 9.18 Å². The van der Waals surface area contributed by atoms with Crippen LogP contribution in [0.4, 0.5) is 4.39 Å². The molecular formula is C28H22BrFN4O2. The van der Waals surface area contributed by atoms with E-state index >= 15 is 0 Å². The summed E-state index contributed by atoms with van der Waals surface area (Å²) in [6, 6.07) is 21.5. The van der Waals surface area contributed by atoms with Gasteiger partial charge in [-0.25, -0.2) is 14.4 Å². The summed E-state index contributed by atoms with van der Waals surface area (Å²) in [6.07, 6.45) is 6.62. The van der Waals surface area contributed by atoms with E-state index in [0.29, 0.717) is 17.0 Å². The van der Waals surface area contributed by atoms with Crippen LogP contribution < -0.4 is 4.74 Å². The molecule has 0 saturated heterocycles. The second-order valence-corrected chi connectivity index (χ2v) is 8.55. The maximum absolute atomic E-state index is 14.1. The van der Waals surface area contributed by atoms with Gasteiger partial charge >= 0.3 is 0 Å². The number of benzene rings is 2. The highest BCUT2D eigenvalue weighted by Gasteiger charge is 2.15. The van der Waals surface area contributed by atoms with Crippen LogP contribution >= 0.6 is 15.9 Å². The Labute approximate surface area is 216 Å². The Morgan fingerprint density at radius 3 is 2.44 bits per heavy atom. The first-order chi connectivity index (χ1) is 17.5. The van der Waals surface area contributed by atoms with Crippen molar-refractivity contribution in [2.45, 2.75) is 6.92 Å². The summed E-state index contributed by atoms with van der Waals surface area (Å²) in [5, 5.41) is 0. The monoisotopic (exact) mass is 544 g/mol. The number of hydrogen-bond acceptors (Lipinski definition) is 5. The molecular weight excluding hydrogens is 523 g/mol. The van der Waals surface area contributed by atoms with Crippen molar-refractivity contribution in [2.24, 2.45) is 0 Å². The Kier molecular flexibility index (Phi) is 7.97. The van der Waals surface area contributed by atoms with Crippen LogP contribution in [0.2, 0.25) is 0 Å². The van der Waals surface area contributed by atoms with E-state index in [1.165, 1.54) is 13.2 Å². The lowest BCUT2D eigenvalue weighted by Gasteiger charge is -2.11. The van der Waals surface area contributed by atoms with E-state index in [0.717, 1.165) is 21.4 Å². The van der Waals surface area contributed by atoms with Gasteiger partial charge in [-0.15, -0.1) is 0 Å². The third-order valence-electron chi connectivity index (χ3n) is 5.21. The number of aryl methyl sites for hydroxylation is 1. The Morgan fingerprint density at radius 1 is 0.944 bits per heavy atom. The summed E-state index contributed by atoms with van der Waals surface area (Å²) in [6.45, 7) is 1.91. The molecule has 0 aliphatic carbocycles. The van der Waals surface area contributed by atoms with Gasteiger partial charge in [0.2, 0.25) is 5.78 Å². The highest BCUT2D eigenvalue weighted by atomic mass is 79.9. The van der Waals surface area contributed by atoms with Crippen LogP contribution in [0.1, 0.15) is 21.7 Å². The number of ether oxygens (including phenoxy) is 1. The second-order valence-electron chi connectivity index (χ2n) is 7.74. The zero-order valence-electron chi connectivity index (χ0n) is 19.6. The van der Waals surface area contributed by atoms with Gasteiger partial charge in [-0.1, -0.05) is 36.4 Å². The van der Waals surface area contributed by atoms with Gasteiger partial charge in [0.15, 0.2) is 11.6 Å². The number of rotatable bonds is 5. The van der Waals surface area contributed by atoms with E-state index in [2.05, 4.69) is 30.9 Å². The number of methoxy groups -OCH3 is 1. The largest absolute Gasteiger partial charge is 0.493 e. The van der Waals surface area contributed by atoms with Gasteiger partial charge in [0, 0.05) is 29.8 Å². The van der Waals surface area contributed by atoms with Crippen molar-refractivity contribution in [3.05, 3.63) is 125 Å². The number of pyridine rings is 2. The van der Waals surface area contributed by atoms with Crippen molar-refractivity contribution in [2.75, 3.05) is 7.11 Å². The third-order valence-corrected chi connectivity index (χ3v) is 5.68. The van der Waals surface area contributed by atoms with Crippen LogP contribution in [-0.4, -0.2) is 32.4 Å². The molecule has 0 aliphatic heterocycles. The summed E-state index contributed by atoms with van der Waals surface area (Å²) in [5.41, 5.74) is 3.86. The predicted molar refractivity (Wildman–Crippen MR) is 140 cm³/mol. The third kappa shape index (κ3) is 5.90. The average molecular weight is 545 g/mol. The average Bonchev–Trinajstić information content (AvgIpc) is 3.40. The van der Waals surface area contributed by atoms with Crippen molar-refractivity contribution < 1.29 is 13.9 Å². The van der Waals surface area contributed by atoms with Crippen molar-refractivity contribution in [1.29, 1.82) is 0 Å². The number of ketones is 1. The van der Waals surface area contributed by atoms with Gasteiger partial charge in [0.05, 0.1) is 7.11 Å². The number of para-hydroxylation sites is 1. The Morgan fingerprint density at radius 2 is 1.78 bits per heavy atom. The number of hydrogen-bond donors (Lipinski definition) is 0. The van der Waals surface area contributed by atoms with Gasteiger partial charge in [-0.2, -0.15) is 0 Å². The smallest absolute Gasteiger partial charge is 0.231 e. The molecule has 3 heterocycles. The summed E-state index contributed by atoms with van der Waals surface area (Å²) in [4.78, 5) is 24.9. The lowest BCUT2D eigenvalue weighted by Crippen LogP contribution is -2.04. The molecule has 0 fully saturated rings. The summed E-state index contributed by atoms with van der Waals surface area (Å²) in [7, 11) is 1.44. The van der Waals surface area contributed by atoms with Crippen molar-refractivity contribution in [1.82, 2.24) is 19.5 Å². The van der Waals surface area contributed by atoms with Gasteiger partial charge < -0.3 is 9.30 Å². The van der Waals surface area contributed by atoms with Crippen molar-refractivity contribution in [3.63, 3.8) is 0 Å². The minimum atomic E-state index is -0.420. The summed E-state index contributed by atoms with van der Waals surface area (Å²) in [5.74, 6) is -0.472. The zero-order valence-corrected chi connectivity index (χ0v) is 21.2. The summed E-state index contributed by atoms with van der Waals surface area (Å²) >= 11 is 3.20. The van der Waals surface area contributed by atoms with Crippen LogP contribution in [0, 0.1) is 12.7 Å². The quantitative estimate of drug-likeness (QED) is 0.187. The molecule has 5 aromatic rings. The van der Waals surface area contributed by atoms with Crippen molar-refractivity contribution in [3.8, 4) is 22.6 Å². The van der Waals surface area contributed by atoms with Gasteiger partial charge in [0.25, 0.3) is 0 Å². The SMILES string of the molecule is Brc1ccccn1.COc1c(F)cccc1-c1cccc(-n2cnc(C(=O)c3ccc(C)cn3)c2)c1. The maximum atomic E-state index is 14.1. The molecule has 0 amide bonds. The van der Waals surface area contributed by atoms with E-state index in [1.807, 2.05) is 55.5 Å². The molecule has 0 unspecified atom stereocenters. The van der Waals surface area contributed by atoms with E-state index in [-0.39, 0.29) is 11.5 Å². The molecule has 0 saturated carbocycles. The first-order valence-corrected chi connectivity index (χ1v) is 11.8. The second kappa shape index (κ2) is 11.5. The molecule has 0 spiro atoms. The van der Waals surface area contributed by atoms with Crippen LogP contribution in [0.15, 0.2) is 102 Å². The number of carbonyl (C=O) groups is 1. The lowest BCUT2D eigenvalue weighted by molar-refractivity contribution is 0.103. The normalized spacial score (nSPS) is 10.3. The highest BCUT2D eigenvalue weighted by molar-refractivity contribution is 9.10. The minimum absolute atomic E-state index is 0.191. The first-order valence-electron chi connectivity index (χ1n) is 11.0. The van der Waals surface area contributed by atoms with Crippen LogP contribution in [-0.2, 0) is 0 Å². The molecule has 36 heavy (non-hydrogen) atoms. The molecule has 2 aromatic carbocycles. The Bertz CT molecular complexity index is 1470. The fourth-order valence-corrected chi connectivity index (χ4v) is 3.71. The number of carbonyl (C=O) groups excluding carboxylic acids is 1. The fraction of sp³-hybridized carbons (Fsp3) is 0.0714. The zero-order chi connectivity index (χ0) is 25.5. The van der Waals surface area contributed by atoms with E-state index in [1.54, 1.807) is 47.7 Å². The summed E-state index contributed by atoms with van der Waals surface area (Å²) < 4.78 is 21.9. The lowest BCUT2D eigenvalue weighted by atomic mass is 10.0. The van der Waals surface area contributed by atoms with Gasteiger partial charge in [-0.05, 0) is 70.4 Å². The van der Waals surface area contributed by atoms with Gasteiger partial charge in [0.1, 0.15) is 22.3 Å². The van der Waals surface area contributed by atoms with E-state index in [4.69, 9.17) is 4.74 Å². The number of nitrogens with zero attached hydrogens (tertiary/aromatic N) is 4. The molecule has 8 heteroatoms. The predicted octanol–water partition coefficient (Wildman–Crippen LogP) is 6.47. The topological polar surface area (TPSA) is 69.9 Å². The molecule has 5 rings (SSSR count).